The van der Waals surface area contributed by atoms with E-state index in [0.717, 1.165) is 10.6 Å². The second kappa shape index (κ2) is 4.75. The van der Waals surface area contributed by atoms with Crippen LogP contribution in [0, 0.1) is 0 Å². The lowest BCUT2D eigenvalue weighted by Crippen LogP contribution is -1.97. The third-order valence-corrected chi connectivity index (χ3v) is 2.62. The summed E-state index contributed by atoms with van der Waals surface area (Å²) in [5.41, 5.74) is 0.809. The average molecular weight is 215 g/mol. The van der Waals surface area contributed by atoms with Gasteiger partial charge < -0.3 is 0 Å². The highest BCUT2D eigenvalue weighted by Crippen LogP contribution is 2.19. The van der Waals surface area contributed by atoms with E-state index in [0.29, 0.717) is 0 Å². The first-order valence-corrected chi connectivity index (χ1v) is 5.32. The van der Waals surface area contributed by atoms with Gasteiger partial charge in [-0.2, -0.15) is 0 Å². The lowest BCUT2D eigenvalue weighted by Gasteiger charge is -1.98. The van der Waals surface area contributed by atoms with E-state index in [-0.39, 0.29) is 5.78 Å². The van der Waals surface area contributed by atoms with Gasteiger partial charge in [0.15, 0.2) is 5.78 Å². The van der Waals surface area contributed by atoms with E-state index in [2.05, 4.69) is 4.40 Å². The predicted molar refractivity (Wildman–Crippen MR) is 63.0 cm³/mol. The Morgan fingerprint density at radius 3 is 2.27 bits per heavy atom. The van der Waals surface area contributed by atoms with Crippen LogP contribution >= 0.6 is 11.9 Å². The normalized spacial score (nSPS) is 14.4. The molecule has 15 heavy (non-hydrogen) atoms. The number of carbonyl (C=O) groups excluding carboxylic acids is 1. The molecule has 0 aliphatic heterocycles. The molecule has 1 aliphatic carbocycles. The number of carbonyl (C=O) groups is 1. The number of ketones is 1. The number of nitrogens with zero attached hydrogens (tertiary/aromatic N) is 1. The van der Waals surface area contributed by atoms with Gasteiger partial charge in [-0.15, -0.1) is 0 Å². The molecule has 0 bridgehead atoms. The van der Waals surface area contributed by atoms with Crippen LogP contribution in [0.1, 0.15) is 0 Å². The molecule has 0 N–H and O–H groups in total. The number of hydrogen-bond acceptors (Lipinski definition) is 3. The van der Waals surface area contributed by atoms with E-state index in [4.69, 9.17) is 0 Å². The molecular formula is C12H9NOS. The molecule has 0 aromatic heterocycles. The smallest absolute Gasteiger partial charge is 0.178 e. The molecule has 0 saturated heterocycles. The highest BCUT2D eigenvalue weighted by atomic mass is 32.2. The van der Waals surface area contributed by atoms with Crippen LogP contribution in [0.25, 0.3) is 0 Å². The van der Waals surface area contributed by atoms with Gasteiger partial charge in [-0.3, -0.25) is 4.79 Å². The van der Waals surface area contributed by atoms with Crippen molar-refractivity contribution in [3.63, 3.8) is 0 Å². The predicted octanol–water partition coefficient (Wildman–Crippen LogP) is 2.83. The maximum Gasteiger partial charge on any atom is 0.178 e. The molecule has 0 heterocycles. The summed E-state index contributed by atoms with van der Waals surface area (Å²) in [7, 11) is 0. The number of allylic oxidation sites excluding steroid dienone is 4. The second-order valence-electron chi connectivity index (χ2n) is 2.99. The summed E-state index contributed by atoms with van der Waals surface area (Å²) >= 11 is 1.40. The molecule has 0 fully saturated rings. The Morgan fingerprint density at radius 1 is 0.933 bits per heavy atom. The molecule has 1 aromatic carbocycles. The van der Waals surface area contributed by atoms with Crippen LogP contribution in [0.2, 0.25) is 0 Å². The average Bonchev–Trinajstić information content (AvgIpc) is 2.30. The SMILES string of the molecule is O=C1C=CC(=NSc2ccccc2)C=C1. The number of hydrogen-bond donors (Lipinski definition) is 0. The van der Waals surface area contributed by atoms with Gasteiger partial charge in [0.25, 0.3) is 0 Å². The summed E-state index contributed by atoms with van der Waals surface area (Å²) in [6.07, 6.45) is 6.48. The Hall–Kier alpha value is -1.61. The van der Waals surface area contributed by atoms with Crippen molar-refractivity contribution in [3.05, 3.63) is 54.6 Å². The van der Waals surface area contributed by atoms with Crippen LogP contribution in [0.5, 0.6) is 0 Å². The van der Waals surface area contributed by atoms with Crippen LogP contribution in [-0.2, 0) is 4.79 Å². The second-order valence-corrected chi connectivity index (χ2v) is 3.83. The van der Waals surface area contributed by atoms with E-state index in [1.54, 1.807) is 12.2 Å². The van der Waals surface area contributed by atoms with Gasteiger partial charge in [0.2, 0.25) is 0 Å². The van der Waals surface area contributed by atoms with Gasteiger partial charge in [-0.05, 0) is 36.4 Å². The quantitative estimate of drug-likeness (QED) is 0.560. The van der Waals surface area contributed by atoms with Crippen molar-refractivity contribution >= 4 is 23.4 Å². The molecule has 2 rings (SSSR count). The summed E-state index contributed by atoms with van der Waals surface area (Å²) in [6.45, 7) is 0. The third kappa shape index (κ3) is 2.92. The standard InChI is InChI=1S/C12H9NOS/c14-11-8-6-10(7-9-11)13-15-12-4-2-1-3-5-12/h1-9H. The Bertz CT molecular complexity index is 428. The first-order valence-electron chi connectivity index (χ1n) is 4.55. The zero-order valence-electron chi connectivity index (χ0n) is 7.96. The highest BCUT2D eigenvalue weighted by Gasteiger charge is 1.99. The largest absolute Gasteiger partial charge is 0.290 e. The van der Waals surface area contributed by atoms with E-state index < -0.39 is 0 Å². The molecule has 0 spiro atoms. The monoisotopic (exact) mass is 215 g/mol. The molecule has 0 unspecified atom stereocenters. The molecule has 1 aliphatic rings. The van der Waals surface area contributed by atoms with Crippen LogP contribution < -0.4 is 0 Å². The van der Waals surface area contributed by atoms with Crippen LogP contribution in [0.4, 0.5) is 0 Å². The van der Waals surface area contributed by atoms with E-state index in [1.165, 1.54) is 24.1 Å². The summed E-state index contributed by atoms with van der Waals surface area (Å²) in [4.78, 5) is 11.9. The van der Waals surface area contributed by atoms with Crippen molar-refractivity contribution in [2.75, 3.05) is 0 Å². The molecule has 3 heteroatoms. The molecule has 0 saturated carbocycles. The number of rotatable bonds is 2. The molecule has 0 atom stereocenters. The van der Waals surface area contributed by atoms with Crippen molar-refractivity contribution < 1.29 is 4.79 Å². The molecule has 0 amide bonds. The molecule has 74 valence electrons. The lowest BCUT2D eigenvalue weighted by atomic mass is 10.2. The highest BCUT2D eigenvalue weighted by molar-refractivity contribution is 7.98. The first-order chi connectivity index (χ1) is 7.34. The maximum atomic E-state index is 10.8. The maximum absolute atomic E-state index is 10.8. The summed E-state index contributed by atoms with van der Waals surface area (Å²) < 4.78 is 4.30. The lowest BCUT2D eigenvalue weighted by molar-refractivity contribution is -0.110. The zero-order chi connectivity index (χ0) is 10.5. The van der Waals surface area contributed by atoms with Crippen LogP contribution in [0.3, 0.4) is 0 Å². The molecular weight excluding hydrogens is 206 g/mol. The Balaban J connectivity index is 2.04. The fourth-order valence-electron chi connectivity index (χ4n) is 1.09. The molecule has 0 radical (unpaired) electrons. The fourth-order valence-corrected chi connectivity index (χ4v) is 1.71. The van der Waals surface area contributed by atoms with Crippen molar-refractivity contribution in [2.24, 2.45) is 4.40 Å². The van der Waals surface area contributed by atoms with E-state index >= 15 is 0 Å². The van der Waals surface area contributed by atoms with Crippen molar-refractivity contribution in [3.8, 4) is 0 Å². The third-order valence-electron chi connectivity index (χ3n) is 1.84. The summed E-state index contributed by atoms with van der Waals surface area (Å²) in [5, 5.41) is 0. The number of benzene rings is 1. The van der Waals surface area contributed by atoms with Crippen LogP contribution in [-0.4, -0.2) is 11.5 Å². The van der Waals surface area contributed by atoms with E-state index in [1.807, 2.05) is 30.3 Å². The Labute approximate surface area is 92.6 Å². The van der Waals surface area contributed by atoms with Gasteiger partial charge in [-0.25, -0.2) is 4.40 Å². The minimum absolute atomic E-state index is 0.0126. The van der Waals surface area contributed by atoms with Crippen molar-refractivity contribution in [2.45, 2.75) is 4.90 Å². The minimum atomic E-state index is 0.0126. The zero-order valence-corrected chi connectivity index (χ0v) is 8.78. The molecule has 2 nitrogen and oxygen atoms in total. The van der Waals surface area contributed by atoms with Gasteiger partial charge in [-0.1, -0.05) is 18.2 Å². The minimum Gasteiger partial charge on any atom is -0.290 e. The van der Waals surface area contributed by atoms with Gasteiger partial charge in [0.1, 0.15) is 0 Å². The topological polar surface area (TPSA) is 29.4 Å². The summed E-state index contributed by atoms with van der Waals surface area (Å²) in [5.74, 6) is 0.0126. The fraction of sp³-hybridized carbons (Fsp3) is 0. The summed E-state index contributed by atoms with van der Waals surface area (Å²) in [6, 6.07) is 9.90. The van der Waals surface area contributed by atoms with E-state index in [9.17, 15) is 4.79 Å². The Kier molecular flexibility index (Phi) is 3.15. The first kappa shape index (κ1) is 9.93. The van der Waals surface area contributed by atoms with Crippen molar-refractivity contribution in [1.29, 1.82) is 0 Å². The van der Waals surface area contributed by atoms with Crippen molar-refractivity contribution in [1.82, 2.24) is 0 Å². The van der Waals surface area contributed by atoms with Gasteiger partial charge in [0, 0.05) is 16.8 Å². The molecule has 1 aromatic rings. The van der Waals surface area contributed by atoms with Gasteiger partial charge in [0.05, 0.1) is 5.71 Å². The Morgan fingerprint density at radius 2 is 1.60 bits per heavy atom. The van der Waals surface area contributed by atoms with Crippen LogP contribution in [0.15, 0.2) is 63.9 Å². The van der Waals surface area contributed by atoms with Gasteiger partial charge >= 0.3 is 0 Å².